The molecule has 18 heavy (non-hydrogen) atoms. The molecule has 0 aliphatic heterocycles. The van der Waals surface area contributed by atoms with Gasteiger partial charge in [-0.2, -0.15) is 4.31 Å². The van der Waals surface area contributed by atoms with Crippen molar-refractivity contribution in [2.75, 3.05) is 13.1 Å². The molecule has 100 valence electrons. The summed E-state index contributed by atoms with van der Waals surface area (Å²) in [6.45, 7) is 1.41. The maximum absolute atomic E-state index is 12.3. The third kappa shape index (κ3) is 3.03. The van der Waals surface area contributed by atoms with Gasteiger partial charge in [0.2, 0.25) is 15.9 Å². The first kappa shape index (κ1) is 14.6. The molecular weight excluding hydrogens is 256 g/mol. The van der Waals surface area contributed by atoms with Crippen molar-refractivity contribution in [2.45, 2.75) is 18.4 Å². The zero-order valence-corrected chi connectivity index (χ0v) is 10.9. The molecule has 0 bridgehead atoms. The third-order valence-electron chi connectivity index (χ3n) is 2.34. The van der Waals surface area contributed by atoms with Crippen molar-refractivity contribution in [3.05, 3.63) is 24.0 Å². The van der Waals surface area contributed by atoms with E-state index < -0.39 is 15.9 Å². The van der Waals surface area contributed by atoms with E-state index in [0.29, 0.717) is 0 Å². The minimum Gasteiger partial charge on any atom is -0.369 e. The molecule has 1 heterocycles. The number of hydrogen-bond acceptors (Lipinski definition) is 5. The van der Waals surface area contributed by atoms with Gasteiger partial charge in [-0.15, -0.1) is 0 Å². The smallest absolute Gasteiger partial charge is 0.245 e. The maximum Gasteiger partial charge on any atom is 0.245 e. The first-order chi connectivity index (χ1) is 8.43. The number of sulfonamides is 1. The molecule has 0 radical (unpaired) electrons. The van der Waals surface area contributed by atoms with Crippen LogP contribution in [0.2, 0.25) is 0 Å². The van der Waals surface area contributed by atoms with Crippen LogP contribution in [0.1, 0.15) is 12.6 Å². The molecule has 0 spiro atoms. The van der Waals surface area contributed by atoms with Crippen LogP contribution in [0.25, 0.3) is 0 Å². The van der Waals surface area contributed by atoms with Crippen LogP contribution in [0.4, 0.5) is 0 Å². The van der Waals surface area contributed by atoms with Crippen LogP contribution in [-0.2, 0) is 21.4 Å². The van der Waals surface area contributed by atoms with E-state index in [9.17, 15) is 13.2 Å². The monoisotopic (exact) mass is 272 g/mol. The van der Waals surface area contributed by atoms with E-state index >= 15 is 0 Å². The van der Waals surface area contributed by atoms with Gasteiger partial charge in [-0.3, -0.25) is 9.78 Å². The molecule has 0 saturated carbocycles. The standard InChI is InChI=1S/C10H16N4O3S/c1-2-14(7-10(12)15)18(16,17)9-4-3-5-13-8(9)6-11/h3-5H,2,6-7,11H2,1H3,(H2,12,15). The molecule has 4 N–H and O–H groups in total. The highest BCUT2D eigenvalue weighted by molar-refractivity contribution is 7.89. The van der Waals surface area contributed by atoms with Gasteiger partial charge >= 0.3 is 0 Å². The number of hydrogen-bond donors (Lipinski definition) is 2. The van der Waals surface area contributed by atoms with Crippen LogP contribution in [0.3, 0.4) is 0 Å². The number of amides is 1. The summed E-state index contributed by atoms with van der Waals surface area (Å²) in [5.74, 6) is -0.710. The Morgan fingerprint density at radius 2 is 2.17 bits per heavy atom. The Morgan fingerprint density at radius 3 is 2.67 bits per heavy atom. The molecule has 0 aromatic carbocycles. The molecule has 7 nitrogen and oxygen atoms in total. The molecular formula is C10H16N4O3S. The van der Waals surface area contributed by atoms with E-state index in [0.717, 1.165) is 4.31 Å². The molecule has 1 rings (SSSR count). The fraction of sp³-hybridized carbons (Fsp3) is 0.400. The molecule has 0 unspecified atom stereocenters. The summed E-state index contributed by atoms with van der Waals surface area (Å²) in [7, 11) is -3.80. The summed E-state index contributed by atoms with van der Waals surface area (Å²) in [5, 5.41) is 0. The van der Waals surface area contributed by atoms with Crippen molar-refractivity contribution in [3.8, 4) is 0 Å². The van der Waals surface area contributed by atoms with Crippen molar-refractivity contribution in [3.63, 3.8) is 0 Å². The van der Waals surface area contributed by atoms with E-state index in [1.54, 1.807) is 6.92 Å². The SMILES string of the molecule is CCN(CC(N)=O)S(=O)(=O)c1cccnc1CN. The second-order valence-electron chi connectivity index (χ2n) is 3.55. The number of carbonyl (C=O) groups excluding carboxylic acids is 1. The number of nitrogens with two attached hydrogens (primary N) is 2. The van der Waals surface area contributed by atoms with E-state index in [1.807, 2.05) is 0 Å². The van der Waals surface area contributed by atoms with Crippen LogP contribution >= 0.6 is 0 Å². The molecule has 1 aromatic rings. The maximum atomic E-state index is 12.3. The van der Waals surface area contributed by atoms with Gasteiger partial charge in [-0.05, 0) is 12.1 Å². The highest BCUT2D eigenvalue weighted by Gasteiger charge is 2.26. The number of carbonyl (C=O) groups is 1. The Morgan fingerprint density at radius 1 is 1.50 bits per heavy atom. The average molecular weight is 272 g/mol. The van der Waals surface area contributed by atoms with Crippen LogP contribution < -0.4 is 11.5 Å². The Kier molecular flexibility index (Phi) is 4.76. The summed E-state index contributed by atoms with van der Waals surface area (Å²) >= 11 is 0. The lowest BCUT2D eigenvalue weighted by atomic mass is 10.3. The number of aromatic nitrogens is 1. The fourth-order valence-electron chi connectivity index (χ4n) is 1.49. The van der Waals surface area contributed by atoms with Gasteiger partial charge in [0, 0.05) is 19.3 Å². The van der Waals surface area contributed by atoms with E-state index in [2.05, 4.69) is 4.98 Å². The number of primary amides is 1. The second kappa shape index (κ2) is 5.89. The zero-order chi connectivity index (χ0) is 13.8. The van der Waals surface area contributed by atoms with Gasteiger partial charge < -0.3 is 11.5 Å². The summed E-state index contributed by atoms with van der Waals surface area (Å²) < 4.78 is 25.6. The van der Waals surface area contributed by atoms with Crippen LogP contribution in [0.15, 0.2) is 23.2 Å². The molecule has 0 atom stereocenters. The highest BCUT2D eigenvalue weighted by Crippen LogP contribution is 2.17. The highest BCUT2D eigenvalue weighted by atomic mass is 32.2. The van der Waals surface area contributed by atoms with Gasteiger partial charge in [-0.1, -0.05) is 6.92 Å². The number of likely N-dealkylation sites (N-methyl/N-ethyl adjacent to an activating group) is 1. The average Bonchev–Trinajstić information content (AvgIpc) is 2.35. The predicted octanol–water partition coefficient (Wildman–Crippen LogP) is -0.964. The third-order valence-corrected chi connectivity index (χ3v) is 4.34. The molecule has 1 aromatic heterocycles. The van der Waals surface area contributed by atoms with Crippen LogP contribution in [0.5, 0.6) is 0 Å². The molecule has 0 saturated heterocycles. The lowest BCUT2D eigenvalue weighted by Crippen LogP contribution is -2.38. The lowest BCUT2D eigenvalue weighted by molar-refractivity contribution is -0.118. The topological polar surface area (TPSA) is 119 Å². The summed E-state index contributed by atoms with van der Waals surface area (Å²) in [6.07, 6.45) is 1.46. The lowest BCUT2D eigenvalue weighted by Gasteiger charge is -2.19. The van der Waals surface area contributed by atoms with Crippen LogP contribution in [0, 0.1) is 0 Å². The van der Waals surface area contributed by atoms with E-state index in [-0.39, 0.29) is 30.2 Å². The molecule has 8 heteroatoms. The van der Waals surface area contributed by atoms with Crippen molar-refractivity contribution < 1.29 is 13.2 Å². The predicted molar refractivity (Wildman–Crippen MR) is 65.8 cm³/mol. The van der Waals surface area contributed by atoms with Crippen molar-refractivity contribution >= 4 is 15.9 Å². The van der Waals surface area contributed by atoms with Crippen molar-refractivity contribution in [1.29, 1.82) is 0 Å². The quantitative estimate of drug-likeness (QED) is 0.691. The van der Waals surface area contributed by atoms with Gasteiger partial charge in [-0.25, -0.2) is 8.42 Å². The summed E-state index contributed by atoms with van der Waals surface area (Å²) in [6, 6.07) is 2.92. The fourth-order valence-corrected chi connectivity index (χ4v) is 3.09. The number of pyridine rings is 1. The first-order valence-corrected chi connectivity index (χ1v) is 6.79. The minimum atomic E-state index is -3.80. The summed E-state index contributed by atoms with van der Waals surface area (Å²) in [5.41, 5.74) is 10.7. The Bertz CT molecular complexity index is 530. The molecule has 0 aliphatic rings. The number of rotatable bonds is 6. The first-order valence-electron chi connectivity index (χ1n) is 5.35. The Hall–Kier alpha value is -1.51. The molecule has 1 amide bonds. The molecule has 0 fully saturated rings. The minimum absolute atomic E-state index is 0.00350. The largest absolute Gasteiger partial charge is 0.369 e. The second-order valence-corrected chi connectivity index (χ2v) is 5.46. The van der Waals surface area contributed by atoms with Gasteiger partial charge in [0.1, 0.15) is 4.90 Å². The van der Waals surface area contributed by atoms with E-state index in [4.69, 9.17) is 11.5 Å². The Balaban J connectivity index is 3.22. The van der Waals surface area contributed by atoms with Crippen LogP contribution in [-0.4, -0.2) is 36.7 Å². The van der Waals surface area contributed by atoms with Gasteiger partial charge in [0.05, 0.1) is 12.2 Å². The summed E-state index contributed by atoms with van der Waals surface area (Å²) in [4.78, 5) is 14.8. The molecule has 0 aliphatic carbocycles. The van der Waals surface area contributed by atoms with Gasteiger partial charge in [0.25, 0.3) is 0 Å². The normalized spacial score (nSPS) is 11.7. The Labute approximate surface area is 106 Å². The van der Waals surface area contributed by atoms with Crippen molar-refractivity contribution in [2.24, 2.45) is 11.5 Å². The zero-order valence-electron chi connectivity index (χ0n) is 10.0. The van der Waals surface area contributed by atoms with E-state index in [1.165, 1.54) is 18.3 Å². The van der Waals surface area contributed by atoms with Gasteiger partial charge in [0.15, 0.2) is 0 Å². The van der Waals surface area contributed by atoms with Crippen molar-refractivity contribution in [1.82, 2.24) is 9.29 Å². The number of nitrogens with zero attached hydrogens (tertiary/aromatic N) is 2.